The third-order valence-corrected chi connectivity index (χ3v) is 4.67. The van der Waals surface area contributed by atoms with Gasteiger partial charge in [0.05, 0.1) is 6.21 Å². The largest absolute Gasteiger partial charge is 0.378 e. The van der Waals surface area contributed by atoms with E-state index in [2.05, 4.69) is 42.7 Å². The highest BCUT2D eigenvalue weighted by molar-refractivity contribution is 5.98. The number of rotatable bonds is 6. The molecule has 0 bridgehead atoms. The molecule has 2 heterocycles. The van der Waals surface area contributed by atoms with Crippen molar-refractivity contribution < 1.29 is 9.42 Å². The van der Waals surface area contributed by atoms with Crippen LogP contribution in [0.25, 0.3) is 17.1 Å². The second-order valence-corrected chi connectivity index (χ2v) is 6.83. The predicted molar refractivity (Wildman–Crippen MR) is 115 cm³/mol. The van der Waals surface area contributed by atoms with Crippen LogP contribution in [0.4, 0.5) is 5.82 Å². The first-order valence-electron chi connectivity index (χ1n) is 9.60. The van der Waals surface area contributed by atoms with Crippen molar-refractivity contribution in [1.82, 2.24) is 30.7 Å². The summed E-state index contributed by atoms with van der Waals surface area (Å²) >= 11 is 0. The van der Waals surface area contributed by atoms with Gasteiger partial charge < -0.3 is 5.73 Å². The molecule has 156 valence electrons. The number of carbonyl (C=O) groups is 1. The highest BCUT2D eigenvalue weighted by Gasteiger charge is 2.25. The standard InChI is InChI=1S/C21H20N8O2/c1-3-14-6-8-15(9-7-14)12-23-25-21(30)17-18(16-10-4-13(2)5-11-16)29(28-24-17)20-19(22)26-31-27-20/h4-12H,3H2,1-2H3,(H2,22,26)(H,25,30)/b23-12+. The molecule has 4 aromatic rings. The molecule has 10 heteroatoms. The number of hydrogen-bond donors (Lipinski definition) is 2. The topological polar surface area (TPSA) is 137 Å². The maximum atomic E-state index is 12.8. The number of hydrogen-bond acceptors (Lipinski definition) is 8. The lowest BCUT2D eigenvalue weighted by molar-refractivity contribution is 0.0950. The predicted octanol–water partition coefficient (Wildman–Crippen LogP) is 2.53. The average molecular weight is 416 g/mol. The van der Waals surface area contributed by atoms with Crippen LogP contribution in [0.1, 0.15) is 34.1 Å². The average Bonchev–Trinajstić information content (AvgIpc) is 3.40. The lowest BCUT2D eigenvalue weighted by Gasteiger charge is -2.06. The van der Waals surface area contributed by atoms with Gasteiger partial charge in [-0.15, -0.1) is 5.10 Å². The zero-order valence-corrected chi connectivity index (χ0v) is 17.0. The van der Waals surface area contributed by atoms with Crippen LogP contribution in [0.5, 0.6) is 0 Å². The summed E-state index contributed by atoms with van der Waals surface area (Å²) in [4.78, 5) is 12.8. The minimum atomic E-state index is -0.529. The van der Waals surface area contributed by atoms with E-state index < -0.39 is 5.91 Å². The molecule has 0 unspecified atom stereocenters. The molecule has 0 aliphatic rings. The monoisotopic (exact) mass is 416 g/mol. The Kier molecular flexibility index (Phi) is 5.52. The number of aryl methyl sites for hydroxylation is 2. The van der Waals surface area contributed by atoms with Gasteiger partial charge >= 0.3 is 0 Å². The first-order chi connectivity index (χ1) is 15.1. The summed E-state index contributed by atoms with van der Waals surface area (Å²) in [5, 5.41) is 19.4. The fraction of sp³-hybridized carbons (Fsp3) is 0.143. The van der Waals surface area contributed by atoms with Crippen LogP contribution < -0.4 is 11.2 Å². The molecule has 0 saturated carbocycles. The number of benzene rings is 2. The van der Waals surface area contributed by atoms with E-state index in [0.717, 1.165) is 17.5 Å². The van der Waals surface area contributed by atoms with Gasteiger partial charge in [-0.3, -0.25) is 4.79 Å². The molecule has 2 aromatic heterocycles. The molecule has 0 aliphatic heterocycles. The summed E-state index contributed by atoms with van der Waals surface area (Å²) in [7, 11) is 0. The van der Waals surface area contributed by atoms with Gasteiger partial charge in [0, 0.05) is 5.56 Å². The highest BCUT2D eigenvalue weighted by atomic mass is 16.6. The first kappa shape index (κ1) is 20.0. The molecule has 0 atom stereocenters. The molecule has 0 fully saturated rings. The van der Waals surface area contributed by atoms with Crippen LogP contribution in [0.3, 0.4) is 0 Å². The van der Waals surface area contributed by atoms with Crippen molar-refractivity contribution in [2.24, 2.45) is 5.10 Å². The van der Waals surface area contributed by atoms with Gasteiger partial charge in [0.15, 0.2) is 5.69 Å². The van der Waals surface area contributed by atoms with Crippen LogP contribution in [-0.2, 0) is 6.42 Å². The van der Waals surface area contributed by atoms with Gasteiger partial charge in [0.25, 0.3) is 5.91 Å². The van der Waals surface area contributed by atoms with E-state index in [1.807, 2.05) is 55.5 Å². The fourth-order valence-corrected chi connectivity index (χ4v) is 2.95. The van der Waals surface area contributed by atoms with Crippen molar-refractivity contribution in [3.05, 3.63) is 70.9 Å². The molecular formula is C21H20N8O2. The quantitative estimate of drug-likeness (QED) is 0.364. The van der Waals surface area contributed by atoms with E-state index in [1.54, 1.807) is 6.21 Å². The van der Waals surface area contributed by atoms with E-state index in [4.69, 9.17) is 5.73 Å². The second-order valence-electron chi connectivity index (χ2n) is 6.83. The van der Waals surface area contributed by atoms with E-state index >= 15 is 0 Å². The van der Waals surface area contributed by atoms with E-state index in [9.17, 15) is 4.79 Å². The lowest BCUT2D eigenvalue weighted by Crippen LogP contribution is -2.19. The molecule has 31 heavy (non-hydrogen) atoms. The number of hydrazone groups is 1. The number of anilines is 1. The summed E-state index contributed by atoms with van der Waals surface area (Å²) in [6.07, 6.45) is 2.52. The molecule has 2 aromatic carbocycles. The van der Waals surface area contributed by atoms with Gasteiger partial charge in [-0.1, -0.05) is 66.2 Å². The summed E-state index contributed by atoms with van der Waals surface area (Å²) < 4.78 is 5.99. The number of amides is 1. The van der Waals surface area contributed by atoms with Crippen LogP contribution in [0, 0.1) is 6.92 Å². The van der Waals surface area contributed by atoms with Crippen LogP contribution >= 0.6 is 0 Å². The molecule has 10 nitrogen and oxygen atoms in total. The number of carbonyl (C=O) groups excluding carboxylic acids is 1. The summed E-state index contributed by atoms with van der Waals surface area (Å²) in [6, 6.07) is 15.4. The second kappa shape index (κ2) is 8.57. The number of nitrogens with two attached hydrogens (primary N) is 1. The van der Waals surface area contributed by atoms with Crippen molar-refractivity contribution in [3.8, 4) is 17.1 Å². The Morgan fingerprint density at radius 1 is 1.16 bits per heavy atom. The van der Waals surface area contributed by atoms with Crippen LogP contribution in [-0.4, -0.2) is 37.4 Å². The SMILES string of the molecule is CCc1ccc(/C=N/NC(=O)c2nnn(-c3nonc3N)c2-c2ccc(C)cc2)cc1. The first-order valence-corrected chi connectivity index (χ1v) is 9.60. The van der Waals surface area contributed by atoms with E-state index in [1.165, 1.54) is 10.2 Å². The molecule has 0 aliphatic carbocycles. The fourth-order valence-electron chi connectivity index (χ4n) is 2.95. The molecule has 0 saturated heterocycles. The highest BCUT2D eigenvalue weighted by Crippen LogP contribution is 2.26. The zero-order valence-electron chi connectivity index (χ0n) is 17.0. The number of nitrogens with zero attached hydrogens (tertiary/aromatic N) is 6. The molecule has 1 amide bonds. The van der Waals surface area contributed by atoms with Crippen molar-refractivity contribution in [2.45, 2.75) is 20.3 Å². The van der Waals surface area contributed by atoms with Gasteiger partial charge in [-0.25, -0.2) is 10.1 Å². The Morgan fingerprint density at radius 2 is 1.90 bits per heavy atom. The van der Waals surface area contributed by atoms with Crippen molar-refractivity contribution in [1.29, 1.82) is 0 Å². The Balaban J connectivity index is 1.64. The normalized spacial score (nSPS) is 11.2. The molecule has 4 rings (SSSR count). The van der Waals surface area contributed by atoms with E-state index in [0.29, 0.717) is 11.3 Å². The van der Waals surface area contributed by atoms with Gasteiger partial charge in [-0.2, -0.15) is 9.78 Å². The summed E-state index contributed by atoms with van der Waals surface area (Å²) in [5.41, 5.74) is 12.6. The number of nitrogens with one attached hydrogen (secondary N) is 1. The minimum absolute atomic E-state index is 0.0266. The third kappa shape index (κ3) is 4.17. The maximum absolute atomic E-state index is 12.8. The third-order valence-electron chi connectivity index (χ3n) is 4.67. The summed E-state index contributed by atoms with van der Waals surface area (Å²) in [5.74, 6) is -0.362. The summed E-state index contributed by atoms with van der Waals surface area (Å²) in [6.45, 7) is 4.05. The Labute approximate surface area is 177 Å². The van der Waals surface area contributed by atoms with Crippen LogP contribution in [0.15, 0.2) is 58.3 Å². The Hall–Kier alpha value is -4.34. The van der Waals surface area contributed by atoms with Gasteiger partial charge in [0.1, 0.15) is 5.69 Å². The minimum Gasteiger partial charge on any atom is -0.378 e. The van der Waals surface area contributed by atoms with Crippen molar-refractivity contribution >= 4 is 17.9 Å². The van der Waals surface area contributed by atoms with Gasteiger partial charge in [0.2, 0.25) is 11.6 Å². The van der Waals surface area contributed by atoms with Gasteiger partial charge in [-0.05, 0) is 34.8 Å². The Morgan fingerprint density at radius 3 is 2.55 bits per heavy atom. The lowest BCUT2D eigenvalue weighted by atomic mass is 10.1. The smallest absolute Gasteiger partial charge is 0.294 e. The molecular weight excluding hydrogens is 396 g/mol. The van der Waals surface area contributed by atoms with Crippen molar-refractivity contribution in [3.63, 3.8) is 0 Å². The Bertz CT molecular complexity index is 1220. The molecule has 0 radical (unpaired) electrons. The zero-order chi connectivity index (χ0) is 21.8. The molecule has 3 N–H and O–H groups in total. The number of nitrogen functional groups attached to an aromatic ring is 1. The van der Waals surface area contributed by atoms with E-state index in [-0.39, 0.29) is 17.3 Å². The molecule has 0 spiro atoms. The van der Waals surface area contributed by atoms with Crippen molar-refractivity contribution in [2.75, 3.05) is 5.73 Å². The maximum Gasteiger partial charge on any atom is 0.294 e. The van der Waals surface area contributed by atoms with Crippen LogP contribution in [0.2, 0.25) is 0 Å². The number of aromatic nitrogens is 5.